The molecule has 2 amide bonds. The van der Waals surface area contributed by atoms with Crippen LogP contribution in [0.3, 0.4) is 0 Å². The van der Waals surface area contributed by atoms with Crippen LogP contribution in [0.1, 0.15) is 40.2 Å². The van der Waals surface area contributed by atoms with Gasteiger partial charge in [0.15, 0.2) is 0 Å². The lowest BCUT2D eigenvalue weighted by molar-refractivity contribution is -0.120. The number of primary amides is 1. The van der Waals surface area contributed by atoms with Crippen molar-refractivity contribution in [2.24, 2.45) is 5.73 Å². The first kappa shape index (κ1) is 24.7. The van der Waals surface area contributed by atoms with Gasteiger partial charge in [0.2, 0.25) is 5.91 Å². The first-order chi connectivity index (χ1) is 15.5. The Kier molecular flexibility index (Phi) is 6.50. The summed E-state index contributed by atoms with van der Waals surface area (Å²) < 4.78 is -1.66. The van der Waals surface area contributed by atoms with Gasteiger partial charge in [-0.05, 0) is 48.2 Å². The molecule has 11 heteroatoms. The van der Waals surface area contributed by atoms with Crippen molar-refractivity contribution in [3.63, 3.8) is 0 Å². The summed E-state index contributed by atoms with van der Waals surface area (Å²) >= 11 is 38.1. The van der Waals surface area contributed by atoms with E-state index in [1.54, 1.807) is 6.07 Å². The average Bonchev–Trinajstić information content (AvgIpc) is 3.65. The summed E-state index contributed by atoms with van der Waals surface area (Å²) in [4.78, 5) is 27.5. The molecule has 2 aliphatic rings. The van der Waals surface area contributed by atoms with Gasteiger partial charge in [-0.3, -0.25) is 9.59 Å². The third-order valence-electron chi connectivity index (χ3n) is 6.11. The molecule has 2 aromatic carbocycles. The molecule has 0 heterocycles. The maximum atomic E-state index is 13.2. The van der Waals surface area contributed by atoms with E-state index in [2.05, 4.69) is 0 Å². The van der Waals surface area contributed by atoms with Crippen LogP contribution in [0.2, 0.25) is 20.1 Å². The maximum Gasteiger partial charge on any atom is 0.256 e. The number of carbonyl (C=O) groups excluding carboxylic acids is 2. The molecule has 0 radical (unpaired) electrons. The number of halogens is 6. The van der Waals surface area contributed by atoms with Gasteiger partial charge in [-0.25, -0.2) is 0 Å². The van der Waals surface area contributed by atoms with Gasteiger partial charge in [0.1, 0.15) is 16.3 Å². The predicted octanol–water partition coefficient (Wildman–Crippen LogP) is 6.12. The first-order valence-electron chi connectivity index (χ1n) is 9.78. The number of alkyl halides is 2. The lowest BCUT2D eigenvalue weighted by atomic mass is 9.88. The highest BCUT2D eigenvalue weighted by atomic mass is 35.5. The summed E-state index contributed by atoms with van der Waals surface area (Å²) in [6, 6.07) is 9.51. The van der Waals surface area contributed by atoms with E-state index >= 15 is 0 Å². The molecule has 2 aromatic rings. The van der Waals surface area contributed by atoms with Gasteiger partial charge in [-0.15, -0.1) is 0 Å². The number of nitrogens with zero attached hydrogens (tertiary/aromatic N) is 2. The summed E-state index contributed by atoms with van der Waals surface area (Å²) in [7, 11) is 0. The zero-order valence-corrected chi connectivity index (χ0v) is 21.3. The van der Waals surface area contributed by atoms with Crippen LogP contribution < -0.4 is 5.73 Å². The molecule has 2 atom stereocenters. The van der Waals surface area contributed by atoms with Crippen LogP contribution in [-0.2, 0) is 10.2 Å². The van der Waals surface area contributed by atoms with Gasteiger partial charge in [0.05, 0.1) is 31.7 Å². The number of hydrogen-bond acceptors (Lipinski definition) is 3. The average molecular weight is 566 g/mol. The Morgan fingerprint density at radius 2 is 1.67 bits per heavy atom. The molecule has 0 spiro atoms. The van der Waals surface area contributed by atoms with E-state index in [1.165, 1.54) is 29.2 Å². The van der Waals surface area contributed by atoms with E-state index in [1.807, 2.05) is 6.07 Å². The minimum absolute atomic E-state index is 0.0193. The lowest BCUT2D eigenvalue weighted by Crippen LogP contribution is -2.36. The van der Waals surface area contributed by atoms with Gasteiger partial charge in [0.25, 0.3) is 5.91 Å². The van der Waals surface area contributed by atoms with Crippen molar-refractivity contribution in [2.75, 3.05) is 6.54 Å². The zero-order chi connectivity index (χ0) is 24.3. The van der Waals surface area contributed by atoms with E-state index < -0.39 is 27.5 Å². The molecule has 5 nitrogen and oxygen atoms in total. The van der Waals surface area contributed by atoms with Crippen molar-refractivity contribution in [2.45, 2.75) is 34.5 Å². The van der Waals surface area contributed by atoms with Gasteiger partial charge < -0.3 is 10.6 Å². The molecule has 4 rings (SSSR count). The quantitative estimate of drug-likeness (QED) is 0.260. The predicted molar refractivity (Wildman–Crippen MR) is 131 cm³/mol. The number of nitrogens with two attached hydrogens (primary N) is 1. The molecule has 0 aliphatic heterocycles. The first-order valence-corrected chi connectivity index (χ1v) is 12.0. The molecule has 33 heavy (non-hydrogen) atoms. The summed E-state index contributed by atoms with van der Waals surface area (Å²) in [5, 5.41) is 9.78. The third-order valence-corrected chi connectivity index (χ3v) is 8.67. The van der Waals surface area contributed by atoms with E-state index in [0.717, 1.165) is 12.8 Å². The van der Waals surface area contributed by atoms with E-state index in [4.69, 9.17) is 80.6 Å². The second kappa shape index (κ2) is 8.68. The van der Waals surface area contributed by atoms with E-state index in [9.17, 15) is 9.59 Å². The fourth-order valence-electron chi connectivity index (χ4n) is 4.33. The molecule has 0 aromatic heterocycles. The number of rotatable bonds is 6. The molecule has 2 fully saturated rings. The Morgan fingerprint density at radius 3 is 2.18 bits per heavy atom. The standard InChI is InChI=1S/C22H15Cl6N3O2/c23-14-4-1-11(9-13(14)19(32)31(6-5-29)12-2-3-12)21(20(30)33)18(22(21,27)28)10-7-15(24)17(26)16(25)8-10/h1,4,7-9,12,18H,2-3,6H2,(H2,30,33). The van der Waals surface area contributed by atoms with Crippen molar-refractivity contribution < 1.29 is 9.59 Å². The highest BCUT2D eigenvalue weighted by molar-refractivity contribution is 6.55. The fraction of sp³-hybridized carbons (Fsp3) is 0.318. The topological polar surface area (TPSA) is 87.2 Å². The molecule has 2 saturated carbocycles. The van der Waals surface area contributed by atoms with Crippen LogP contribution >= 0.6 is 69.6 Å². The highest BCUT2D eigenvalue weighted by Gasteiger charge is 2.80. The maximum absolute atomic E-state index is 13.2. The Morgan fingerprint density at radius 1 is 1.06 bits per heavy atom. The van der Waals surface area contributed by atoms with E-state index in [-0.39, 0.29) is 38.2 Å². The second-order valence-electron chi connectivity index (χ2n) is 8.04. The Balaban J connectivity index is 1.82. The molecular formula is C22H15Cl6N3O2. The molecule has 0 bridgehead atoms. The van der Waals surface area contributed by atoms with Crippen LogP contribution in [-0.4, -0.2) is 33.6 Å². The van der Waals surface area contributed by atoms with Crippen LogP contribution in [0.25, 0.3) is 0 Å². The van der Waals surface area contributed by atoms with Crippen molar-refractivity contribution >= 4 is 81.4 Å². The minimum atomic E-state index is -1.66. The highest BCUT2D eigenvalue weighted by Crippen LogP contribution is 2.74. The van der Waals surface area contributed by atoms with Crippen molar-refractivity contribution in [1.29, 1.82) is 5.26 Å². The van der Waals surface area contributed by atoms with Gasteiger partial charge in [0, 0.05) is 12.0 Å². The zero-order valence-electron chi connectivity index (χ0n) is 16.7. The van der Waals surface area contributed by atoms with Crippen molar-refractivity contribution in [1.82, 2.24) is 4.90 Å². The molecule has 2 unspecified atom stereocenters. The SMILES string of the molecule is N#CCN(C(=O)c1cc(C2(C(N)=O)C(c3cc(Cl)c(Cl)c(Cl)c3)C2(Cl)Cl)ccc1Cl)C1CC1. The third kappa shape index (κ3) is 3.86. The van der Waals surface area contributed by atoms with Crippen molar-refractivity contribution in [3.8, 4) is 6.07 Å². The van der Waals surface area contributed by atoms with Gasteiger partial charge in [-0.2, -0.15) is 5.26 Å². The number of nitriles is 1. The Bertz CT molecular complexity index is 1200. The number of benzene rings is 2. The Hall–Kier alpha value is -1.39. The normalized spacial score (nSPS) is 23.0. The summed E-state index contributed by atoms with van der Waals surface area (Å²) in [6.07, 6.45) is 1.62. The molecular weight excluding hydrogens is 551 g/mol. The van der Waals surface area contributed by atoms with Gasteiger partial charge >= 0.3 is 0 Å². The fourth-order valence-corrected chi connectivity index (χ4v) is 6.24. The monoisotopic (exact) mass is 563 g/mol. The smallest absolute Gasteiger partial charge is 0.256 e. The number of carbonyl (C=O) groups is 2. The molecule has 0 saturated heterocycles. The van der Waals surface area contributed by atoms with Crippen LogP contribution in [0.4, 0.5) is 0 Å². The molecule has 2 N–H and O–H groups in total. The number of hydrogen-bond donors (Lipinski definition) is 1. The largest absolute Gasteiger partial charge is 0.369 e. The van der Waals surface area contributed by atoms with Gasteiger partial charge in [-0.1, -0.05) is 75.7 Å². The van der Waals surface area contributed by atoms with Crippen LogP contribution in [0, 0.1) is 11.3 Å². The Labute approximate surface area is 220 Å². The summed E-state index contributed by atoms with van der Waals surface area (Å²) in [6.45, 7) is -0.0790. The summed E-state index contributed by atoms with van der Waals surface area (Å²) in [5.41, 5.74) is 5.15. The van der Waals surface area contributed by atoms with Crippen LogP contribution in [0.5, 0.6) is 0 Å². The minimum Gasteiger partial charge on any atom is -0.369 e. The molecule has 2 aliphatic carbocycles. The second-order valence-corrected chi connectivity index (χ2v) is 11.0. The van der Waals surface area contributed by atoms with Crippen molar-refractivity contribution in [3.05, 3.63) is 67.1 Å². The summed E-state index contributed by atoms with van der Waals surface area (Å²) in [5.74, 6) is -2.03. The lowest BCUT2D eigenvalue weighted by Gasteiger charge is -2.22. The number of amides is 2. The molecule has 172 valence electrons. The van der Waals surface area contributed by atoms with Crippen LogP contribution in [0.15, 0.2) is 30.3 Å². The van der Waals surface area contributed by atoms with E-state index in [0.29, 0.717) is 11.1 Å².